The van der Waals surface area contributed by atoms with Crippen LogP contribution in [0.2, 0.25) is 0 Å². The van der Waals surface area contributed by atoms with Crippen LogP contribution in [-0.4, -0.2) is 14.1 Å². The summed E-state index contributed by atoms with van der Waals surface area (Å²) in [6, 6.07) is 2.35. The Morgan fingerprint density at radius 1 is 1.33 bits per heavy atom. The highest BCUT2D eigenvalue weighted by Gasteiger charge is 2.10. The van der Waals surface area contributed by atoms with E-state index in [2.05, 4.69) is 6.07 Å². The van der Waals surface area contributed by atoms with E-state index < -0.39 is 10.9 Å². The van der Waals surface area contributed by atoms with E-state index in [0.29, 0.717) is 5.69 Å². The Morgan fingerprint density at radius 2 is 1.89 bits per heavy atom. The summed E-state index contributed by atoms with van der Waals surface area (Å²) in [6.45, 7) is 0. The Labute approximate surface area is 52.2 Å². The van der Waals surface area contributed by atoms with Crippen molar-refractivity contribution in [3.05, 3.63) is 26.5 Å². The first-order valence-corrected chi connectivity index (χ1v) is 2.53. The van der Waals surface area contributed by atoms with Crippen molar-refractivity contribution in [1.29, 1.82) is 0 Å². The molecular formula is C6H6NO2. The van der Waals surface area contributed by atoms with Gasteiger partial charge >= 0.3 is 0 Å². The monoisotopic (exact) mass is 124 g/mol. The quantitative estimate of drug-likeness (QED) is 0.457. The molecule has 0 saturated heterocycles. The lowest BCUT2D eigenvalue weighted by Gasteiger charge is -2.10. The van der Waals surface area contributed by atoms with Gasteiger partial charge in [0.05, 0.1) is 6.07 Å². The summed E-state index contributed by atoms with van der Waals surface area (Å²) in [5.74, 6) is 0. The van der Waals surface area contributed by atoms with Gasteiger partial charge in [0, 0.05) is 14.1 Å². The number of nitrogens with zero attached hydrogens (tertiary/aromatic N) is 1. The maximum absolute atomic E-state index is 10.5. The molecule has 1 aromatic rings. The Hall–Kier alpha value is -1.12. The average Bonchev–Trinajstić information content (AvgIpc) is 1.81. The van der Waals surface area contributed by atoms with Crippen molar-refractivity contribution in [2.45, 2.75) is 0 Å². The van der Waals surface area contributed by atoms with Gasteiger partial charge in [0.1, 0.15) is 5.69 Å². The summed E-state index contributed by atoms with van der Waals surface area (Å²) in [4.78, 5) is 22.3. The third-order valence-electron chi connectivity index (χ3n) is 1.10. The molecule has 47 valence electrons. The SMILES string of the molecule is CN(C)c1[c]c(=O)c1=O. The molecule has 3 nitrogen and oxygen atoms in total. The molecule has 0 aliphatic heterocycles. The average molecular weight is 124 g/mol. The molecule has 0 spiro atoms. The second kappa shape index (κ2) is 1.69. The van der Waals surface area contributed by atoms with Crippen molar-refractivity contribution >= 4 is 5.69 Å². The smallest absolute Gasteiger partial charge is 0.250 e. The van der Waals surface area contributed by atoms with Crippen LogP contribution in [0.4, 0.5) is 5.69 Å². The Kier molecular flexibility index (Phi) is 1.12. The molecule has 0 amide bonds. The first-order valence-electron chi connectivity index (χ1n) is 2.53. The van der Waals surface area contributed by atoms with E-state index in [-0.39, 0.29) is 0 Å². The molecule has 1 rings (SSSR count). The van der Waals surface area contributed by atoms with Gasteiger partial charge in [0.25, 0.3) is 0 Å². The molecule has 0 heterocycles. The van der Waals surface area contributed by atoms with Crippen LogP contribution in [0.1, 0.15) is 0 Å². The van der Waals surface area contributed by atoms with Gasteiger partial charge < -0.3 is 4.90 Å². The van der Waals surface area contributed by atoms with E-state index in [4.69, 9.17) is 0 Å². The number of hydrogen-bond donors (Lipinski definition) is 0. The summed E-state index contributed by atoms with van der Waals surface area (Å²) in [5, 5.41) is 0. The molecule has 0 saturated carbocycles. The third kappa shape index (κ3) is 0.740. The molecule has 0 unspecified atom stereocenters. The predicted molar refractivity (Wildman–Crippen MR) is 34.5 cm³/mol. The Balaban J connectivity index is 3.06. The highest BCUT2D eigenvalue weighted by molar-refractivity contribution is 5.47. The molecular weight excluding hydrogens is 118 g/mol. The van der Waals surface area contributed by atoms with Crippen molar-refractivity contribution < 1.29 is 0 Å². The number of hydrogen-bond acceptors (Lipinski definition) is 3. The number of rotatable bonds is 1. The summed E-state index contributed by atoms with van der Waals surface area (Å²) in [6.07, 6.45) is 0. The van der Waals surface area contributed by atoms with Crippen LogP contribution in [0.25, 0.3) is 0 Å². The van der Waals surface area contributed by atoms with E-state index in [1.54, 1.807) is 19.0 Å². The Bertz CT molecular complexity index is 281. The summed E-state index contributed by atoms with van der Waals surface area (Å²) in [7, 11) is 3.40. The Morgan fingerprint density at radius 3 is 2.00 bits per heavy atom. The number of anilines is 1. The lowest BCUT2D eigenvalue weighted by atomic mass is 10.2. The fourth-order valence-electron chi connectivity index (χ4n) is 0.581. The van der Waals surface area contributed by atoms with Crippen LogP contribution in [0.3, 0.4) is 0 Å². The second-order valence-corrected chi connectivity index (χ2v) is 2.03. The van der Waals surface area contributed by atoms with Gasteiger partial charge in [-0.05, 0) is 0 Å². The minimum Gasteiger partial charge on any atom is -0.374 e. The van der Waals surface area contributed by atoms with E-state index in [1.807, 2.05) is 0 Å². The first-order chi connectivity index (χ1) is 4.13. The molecule has 9 heavy (non-hydrogen) atoms. The van der Waals surface area contributed by atoms with Crippen LogP contribution < -0.4 is 15.8 Å². The van der Waals surface area contributed by atoms with E-state index in [9.17, 15) is 9.59 Å². The van der Waals surface area contributed by atoms with Gasteiger partial charge in [-0.15, -0.1) is 0 Å². The van der Waals surface area contributed by atoms with Gasteiger partial charge in [-0.3, -0.25) is 9.59 Å². The van der Waals surface area contributed by atoms with Crippen molar-refractivity contribution in [1.82, 2.24) is 0 Å². The van der Waals surface area contributed by atoms with Gasteiger partial charge in [-0.2, -0.15) is 0 Å². The minimum absolute atomic E-state index is 0.375. The lowest BCUT2D eigenvalue weighted by molar-refractivity contribution is 1.09. The van der Waals surface area contributed by atoms with Crippen molar-refractivity contribution in [3.8, 4) is 0 Å². The van der Waals surface area contributed by atoms with Gasteiger partial charge in [-0.1, -0.05) is 0 Å². The second-order valence-electron chi connectivity index (χ2n) is 2.03. The zero-order valence-electron chi connectivity index (χ0n) is 5.26. The molecule has 0 aromatic heterocycles. The van der Waals surface area contributed by atoms with Crippen molar-refractivity contribution in [2.75, 3.05) is 19.0 Å². The topological polar surface area (TPSA) is 37.4 Å². The van der Waals surface area contributed by atoms with Gasteiger partial charge in [-0.25, -0.2) is 0 Å². The molecule has 1 radical (unpaired) electrons. The largest absolute Gasteiger partial charge is 0.374 e. The fraction of sp³-hybridized carbons (Fsp3) is 0.333. The molecule has 0 aliphatic carbocycles. The molecule has 0 fully saturated rings. The van der Waals surface area contributed by atoms with E-state index in [1.165, 1.54) is 0 Å². The summed E-state index contributed by atoms with van der Waals surface area (Å²) in [5.41, 5.74) is -0.571. The first kappa shape index (κ1) is 6.01. The maximum Gasteiger partial charge on any atom is 0.250 e. The van der Waals surface area contributed by atoms with Gasteiger partial charge in [0.15, 0.2) is 0 Å². The van der Waals surface area contributed by atoms with Gasteiger partial charge in [0.2, 0.25) is 10.9 Å². The lowest BCUT2D eigenvalue weighted by Crippen LogP contribution is -2.36. The van der Waals surface area contributed by atoms with Crippen LogP contribution in [0.15, 0.2) is 9.59 Å². The summed E-state index contributed by atoms with van der Waals surface area (Å²) >= 11 is 0. The molecule has 0 N–H and O–H groups in total. The maximum atomic E-state index is 10.5. The summed E-state index contributed by atoms with van der Waals surface area (Å²) < 4.78 is 0. The molecule has 0 atom stereocenters. The standard InChI is InChI=1S/C6H6NO2/c1-7(2)4-3-5(8)6(4)9/h1-2H3. The zero-order valence-corrected chi connectivity index (χ0v) is 5.26. The predicted octanol–water partition coefficient (Wildman–Crippen LogP) is -0.851. The van der Waals surface area contributed by atoms with Crippen molar-refractivity contribution in [2.24, 2.45) is 0 Å². The fourth-order valence-corrected chi connectivity index (χ4v) is 0.581. The molecule has 1 aromatic carbocycles. The van der Waals surface area contributed by atoms with Crippen LogP contribution in [-0.2, 0) is 0 Å². The minimum atomic E-state index is -0.515. The molecule has 0 aliphatic rings. The van der Waals surface area contributed by atoms with Crippen LogP contribution >= 0.6 is 0 Å². The van der Waals surface area contributed by atoms with E-state index >= 15 is 0 Å². The molecule has 0 bridgehead atoms. The van der Waals surface area contributed by atoms with Crippen LogP contribution in [0, 0.1) is 6.07 Å². The normalized spacial score (nSPS) is 10.0. The highest BCUT2D eigenvalue weighted by atomic mass is 16.2. The van der Waals surface area contributed by atoms with E-state index in [0.717, 1.165) is 0 Å². The molecule has 3 heteroatoms. The zero-order chi connectivity index (χ0) is 7.02. The third-order valence-corrected chi connectivity index (χ3v) is 1.10. The van der Waals surface area contributed by atoms with Crippen molar-refractivity contribution in [3.63, 3.8) is 0 Å². The van der Waals surface area contributed by atoms with Crippen LogP contribution in [0.5, 0.6) is 0 Å². The highest BCUT2D eigenvalue weighted by Crippen LogP contribution is 1.97.